The number of hydrogen-bond acceptors (Lipinski definition) is 6. The fraction of sp³-hybridized carbons (Fsp3) is 0.211. The molecule has 2 aromatic carbocycles. The molecule has 6 nitrogen and oxygen atoms in total. The molecule has 2 heterocycles. The molecular weight excluding hydrogens is 384 g/mol. The lowest BCUT2D eigenvalue weighted by molar-refractivity contribution is -0.131. The van der Waals surface area contributed by atoms with Crippen molar-refractivity contribution in [2.75, 3.05) is 12.3 Å². The normalized spacial score (nSPS) is 15.2. The molecule has 8 heteroatoms. The number of aromatic nitrogens is 1. The quantitative estimate of drug-likeness (QED) is 0.695. The van der Waals surface area contributed by atoms with Gasteiger partial charge in [-0.1, -0.05) is 29.0 Å². The third-order valence-corrected chi connectivity index (χ3v) is 5.71. The first-order valence-electron chi connectivity index (χ1n) is 8.46. The summed E-state index contributed by atoms with van der Waals surface area (Å²) in [5, 5.41) is 17.0. The Morgan fingerprint density at radius 2 is 2.15 bits per heavy atom. The minimum Gasteiger partial charge on any atom is -0.507 e. The Morgan fingerprint density at radius 3 is 2.96 bits per heavy atom. The van der Waals surface area contributed by atoms with Gasteiger partial charge in [-0.3, -0.25) is 4.79 Å². The summed E-state index contributed by atoms with van der Waals surface area (Å²) < 4.78 is 0.958. The number of hydrazone groups is 1. The fourth-order valence-electron chi connectivity index (χ4n) is 3.14. The molecule has 0 spiro atoms. The number of phenolic OH excluding ortho intramolecular Hbond substituents is 1. The van der Waals surface area contributed by atoms with Crippen LogP contribution in [0.1, 0.15) is 30.4 Å². The summed E-state index contributed by atoms with van der Waals surface area (Å²) in [5.41, 5.74) is 8.70. The van der Waals surface area contributed by atoms with E-state index < -0.39 is 0 Å². The minimum absolute atomic E-state index is 0.0941. The van der Waals surface area contributed by atoms with E-state index in [-0.39, 0.29) is 17.6 Å². The second-order valence-corrected chi connectivity index (χ2v) is 7.92. The summed E-state index contributed by atoms with van der Waals surface area (Å²) in [6.45, 7) is 2.33. The SMILES string of the molecule is CC(C(=O)N1CCC(c2cc(Cl)ccc2O)=N1)c1ccc2nc(N)sc2c1. The smallest absolute Gasteiger partial charge is 0.249 e. The van der Waals surface area contributed by atoms with Crippen LogP contribution in [0.3, 0.4) is 0 Å². The molecule has 0 saturated carbocycles. The molecule has 0 aliphatic carbocycles. The molecule has 27 heavy (non-hydrogen) atoms. The van der Waals surface area contributed by atoms with Crippen LogP contribution in [-0.4, -0.2) is 33.3 Å². The van der Waals surface area contributed by atoms with Crippen molar-refractivity contribution in [1.82, 2.24) is 9.99 Å². The van der Waals surface area contributed by atoms with Gasteiger partial charge in [0.2, 0.25) is 5.91 Å². The molecule has 0 bridgehead atoms. The van der Waals surface area contributed by atoms with Crippen molar-refractivity contribution in [3.8, 4) is 5.75 Å². The highest BCUT2D eigenvalue weighted by Gasteiger charge is 2.27. The highest BCUT2D eigenvalue weighted by Crippen LogP contribution is 2.30. The number of amides is 1. The Hall–Kier alpha value is -2.64. The second-order valence-electron chi connectivity index (χ2n) is 6.42. The Labute approximate surface area is 164 Å². The van der Waals surface area contributed by atoms with Crippen LogP contribution >= 0.6 is 22.9 Å². The van der Waals surface area contributed by atoms with Crippen molar-refractivity contribution < 1.29 is 9.90 Å². The number of hydrogen-bond donors (Lipinski definition) is 2. The number of halogens is 1. The number of anilines is 1. The number of nitrogen functional groups attached to an aromatic ring is 1. The highest BCUT2D eigenvalue weighted by atomic mass is 35.5. The summed E-state index contributed by atoms with van der Waals surface area (Å²) >= 11 is 7.42. The number of carbonyl (C=O) groups excluding carboxylic acids is 1. The minimum atomic E-state index is -0.353. The van der Waals surface area contributed by atoms with E-state index in [1.54, 1.807) is 12.1 Å². The van der Waals surface area contributed by atoms with E-state index in [2.05, 4.69) is 10.1 Å². The van der Waals surface area contributed by atoms with Gasteiger partial charge in [0.1, 0.15) is 5.75 Å². The van der Waals surface area contributed by atoms with E-state index in [0.29, 0.717) is 34.4 Å². The molecule has 0 saturated heterocycles. The monoisotopic (exact) mass is 400 g/mol. The first-order valence-corrected chi connectivity index (χ1v) is 9.65. The number of nitrogens with zero attached hydrogens (tertiary/aromatic N) is 3. The number of nitrogens with two attached hydrogens (primary N) is 1. The van der Waals surface area contributed by atoms with Crippen molar-refractivity contribution in [1.29, 1.82) is 0 Å². The zero-order valence-electron chi connectivity index (χ0n) is 14.5. The standard InChI is InChI=1S/C19H17ClN4O2S/c1-10(11-2-4-15-17(8-11)27-19(21)22-15)18(26)24-7-6-14(23-24)13-9-12(20)3-5-16(13)25/h2-5,8-10,25H,6-7H2,1H3,(H2,21,22). The molecule has 1 atom stereocenters. The summed E-state index contributed by atoms with van der Waals surface area (Å²) in [5.74, 6) is -0.342. The lowest BCUT2D eigenvalue weighted by Crippen LogP contribution is -2.28. The summed E-state index contributed by atoms with van der Waals surface area (Å²) in [7, 11) is 0. The van der Waals surface area contributed by atoms with E-state index in [1.807, 2.05) is 25.1 Å². The molecule has 0 fully saturated rings. The predicted molar refractivity (Wildman–Crippen MR) is 108 cm³/mol. The van der Waals surface area contributed by atoms with Gasteiger partial charge in [-0.25, -0.2) is 9.99 Å². The number of fused-ring (bicyclic) bond motifs is 1. The zero-order valence-corrected chi connectivity index (χ0v) is 16.1. The summed E-state index contributed by atoms with van der Waals surface area (Å²) in [6, 6.07) is 10.5. The Bertz CT molecular complexity index is 1080. The van der Waals surface area contributed by atoms with Gasteiger partial charge in [0.25, 0.3) is 0 Å². The average molecular weight is 401 g/mol. The van der Waals surface area contributed by atoms with Crippen LogP contribution in [0.2, 0.25) is 5.02 Å². The largest absolute Gasteiger partial charge is 0.507 e. The molecular formula is C19H17ClN4O2S. The van der Waals surface area contributed by atoms with Crippen LogP contribution in [0.25, 0.3) is 10.2 Å². The maximum Gasteiger partial charge on any atom is 0.249 e. The first kappa shape index (κ1) is 17.8. The van der Waals surface area contributed by atoms with Gasteiger partial charge in [-0.15, -0.1) is 0 Å². The molecule has 1 aromatic heterocycles. The van der Waals surface area contributed by atoms with Gasteiger partial charge >= 0.3 is 0 Å². The maximum atomic E-state index is 12.9. The van der Waals surface area contributed by atoms with E-state index in [0.717, 1.165) is 15.8 Å². The van der Waals surface area contributed by atoms with Gasteiger partial charge < -0.3 is 10.8 Å². The van der Waals surface area contributed by atoms with Crippen molar-refractivity contribution in [2.24, 2.45) is 5.10 Å². The highest BCUT2D eigenvalue weighted by molar-refractivity contribution is 7.22. The van der Waals surface area contributed by atoms with Crippen molar-refractivity contribution in [3.05, 3.63) is 52.5 Å². The Kier molecular flexibility index (Phi) is 4.49. The molecule has 3 aromatic rings. The van der Waals surface area contributed by atoms with Crippen LogP contribution in [0.5, 0.6) is 5.75 Å². The predicted octanol–water partition coefficient (Wildman–Crippen LogP) is 3.98. The third kappa shape index (κ3) is 3.36. The number of carbonyl (C=O) groups is 1. The van der Waals surface area contributed by atoms with Crippen molar-refractivity contribution >= 4 is 49.9 Å². The van der Waals surface area contributed by atoms with Crippen LogP contribution in [0.4, 0.5) is 5.13 Å². The molecule has 1 aliphatic rings. The van der Waals surface area contributed by atoms with E-state index in [4.69, 9.17) is 17.3 Å². The van der Waals surface area contributed by atoms with E-state index >= 15 is 0 Å². The zero-order chi connectivity index (χ0) is 19.1. The third-order valence-electron chi connectivity index (χ3n) is 4.63. The lowest BCUT2D eigenvalue weighted by Gasteiger charge is -2.17. The molecule has 1 unspecified atom stereocenters. The number of benzene rings is 2. The van der Waals surface area contributed by atoms with Crippen LogP contribution in [-0.2, 0) is 4.79 Å². The molecule has 1 amide bonds. The van der Waals surface area contributed by atoms with E-state index in [9.17, 15) is 9.90 Å². The fourth-order valence-corrected chi connectivity index (χ4v) is 4.09. The van der Waals surface area contributed by atoms with Gasteiger partial charge in [0, 0.05) is 17.0 Å². The lowest BCUT2D eigenvalue weighted by atomic mass is 10.00. The first-order chi connectivity index (χ1) is 12.9. The number of rotatable bonds is 3. The Morgan fingerprint density at radius 1 is 1.33 bits per heavy atom. The molecule has 3 N–H and O–H groups in total. The molecule has 4 rings (SSSR count). The Balaban J connectivity index is 1.58. The van der Waals surface area contributed by atoms with Crippen molar-refractivity contribution in [3.63, 3.8) is 0 Å². The van der Waals surface area contributed by atoms with Crippen LogP contribution in [0.15, 0.2) is 41.5 Å². The number of aromatic hydroxyl groups is 1. The topological polar surface area (TPSA) is 91.8 Å². The van der Waals surface area contributed by atoms with Gasteiger partial charge in [0.05, 0.1) is 28.4 Å². The molecule has 138 valence electrons. The van der Waals surface area contributed by atoms with Gasteiger partial charge in [-0.2, -0.15) is 5.10 Å². The molecule has 1 aliphatic heterocycles. The van der Waals surface area contributed by atoms with Crippen molar-refractivity contribution in [2.45, 2.75) is 19.3 Å². The van der Waals surface area contributed by atoms with Gasteiger partial charge in [0.15, 0.2) is 5.13 Å². The number of thiazole rings is 1. The average Bonchev–Trinajstić information content (AvgIpc) is 3.27. The van der Waals surface area contributed by atoms with Gasteiger partial charge in [-0.05, 0) is 42.8 Å². The second kappa shape index (κ2) is 6.83. The van der Waals surface area contributed by atoms with Crippen LogP contribution in [0, 0.1) is 0 Å². The summed E-state index contributed by atoms with van der Waals surface area (Å²) in [4.78, 5) is 17.1. The molecule has 0 radical (unpaired) electrons. The van der Waals surface area contributed by atoms with E-state index in [1.165, 1.54) is 22.4 Å². The van der Waals surface area contributed by atoms with Crippen LogP contribution < -0.4 is 5.73 Å². The summed E-state index contributed by atoms with van der Waals surface area (Å²) in [6.07, 6.45) is 0.566. The number of phenols is 1. The maximum absolute atomic E-state index is 12.9.